The predicted octanol–water partition coefficient (Wildman–Crippen LogP) is 3.40. The lowest BCUT2D eigenvalue weighted by molar-refractivity contribution is 0.0790. The Hall–Kier alpha value is -2.38. The lowest BCUT2D eigenvalue weighted by Crippen LogP contribution is -2.40. The summed E-state index contributed by atoms with van der Waals surface area (Å²) in [5, 5.41) is 0. The predicted molar refractivity (Wildman–Crippen MR) is 113 cm³/mol. The van der Waals surface area contributed by atoms with Crippen molar-refractivity contribution in [2.24, 2.45) is 0 Å². The van der Waals surface area contributed by atoms with Crippen molar-refractivity contribution in [1.29, 1.82) is 0 Å². The molecule has 0 saturated carbocycles. The molecule has 1 N–H and O–H groups in total. The van der Waals surface area contributed by atoms with Crippen molar-refractivity contribution >= 4 is 15.9 Å². The fourth-order valence-electron chi connectivity index (χ4n) is 3.51. The molecule has 2 aromatic rings. The highest BCUT2D eigenvalue weighted by Gasteiger charge is 2.28. The zero-order valence-corrected chi connectivity index (χ0v) is 18.1. The van der Waals surface area contributed by atoms with Crippen molar-refractivity contribution in [2.45, 2.75) is 43.5 Å². The summed E-state index contributed by atoms with van der Waals surface area (Å²) >= 11 is 0. The minimum absolute atomic E-state index is 0.0752. The van der Waals surface area contributed by atoms with E-state index in [1.807, 2.05) is 29.2 Å². The zero-order chi connectivity index (χ0) is 21.2. The highest BCUT2D eigenvalue weighted by Crippen LogP contribution is 2.29. The van der Waals surface area contributed by atoms with E-state index in [2.05, 4.69) is 4.72 Å². The monoisotopic (exact) mass is 416 g/mol. The normalized spacial score (nSPS) is 17.4. The highest BCUT2D eigenvalue weighted by atomic mass is 32.2. The second-order valence-corrected chi connectivity index (χ2v) is 10.1. The SMILES string of the molecule is COc1ccc(C2CCN(C(=O)c3ccc(S(=O)(=O)NC(C)(C)C)cc3)C2)cc1. The summed E-state index contributed by atoms with van der Waals surface area (Å²) in [5.41, 5.74) is 1.12. The first-order chi connectivity index (χ1) is 13.6. The maximum atomic E-state index is 12.9. The molecule has 1 heterocycles. The van der Waals surface area contributed by atoms with Gasteiger partial charge >= 0.3 is 0 Å². The molecule has 0 radical (unpaired) electrons. The minimum atomic E-state index is -3.62. The standard InChI is InChI=1S/C22H28N2O4S/c1-22(2,3)23-29(26,27)20-11-7-17(8-12-20)21(25)24-14-13-18(15-24)16-5-9-19(28-4)10-6-16/h5-12,18,23H,13-15H2,1-4H3. The van der Waals surface area contributed by atoms with Gasteiger partial charge in [-0.3, -0.25) is 4.79 Å². The Morgan fingerprint density at radius 2 is 1.69 bits per heavy atom. The number of hydrogen-bond acceptors (Lipinski definition) is 4. The van der Waals surface area contributed by atoms with E-state index in [4.69, 9.17) is 4.74 Å². The van der Waals surface area contributed by atoms with Crippen LogP contribution < -0.4 is 9.46 Å². The number of benzene rings is 2. The van der Waals surface area contributed by atoms with E-state index in [9.17, 15) is 13.2 Å². The van der Waals surface area contributed by atoms with E-state index in [1.165, 1.54) is 17.7 Å². The average molecular weight is 417 g/mol. The van der Waals surface area contributed by atoms with E-state index in [-0.39, 0.29) is 10.8 Å². The maximum absolute atomic E-state index is 12.9. The van der Waals surface area contributed by atoms with Crippen molar-refractivity contribution in [1.82, 2.24) is 9.62 Å². The molecule has 2 aromatic carbocycles. The topological polar surface area (TPSA) is 75.7 Å². The summed E-state index contributed by atoms with van der Waals surface area (Å²) in [6, 6.07) is 14.1. The summed E-state index contributed by atoms with van der Waals surface area (Å²) in [7, 11) is -1.98. The van der Waals surface area contributed by atoms with Crippen LogP contribution in [0.1, 0.15) is 49.0 Å². The Morgan fingerprint density at radius 3 is 2.24 bits per heavy atom. The molecular formula is C22H28N2O4S. The number of hydrogen-bond donors (Lipinski definition) is 1. The summed E-state index contributed by atoms with van der Waals surface area (Å²) in [6.45, 7) is 6.69. The van der Waals surface area contributed by atoms with Gasteiger partial charge in [-0.25, -0.2) is 13.1 Å². The van der Waals surface area contributed by atoms with Crippen LogP contribution in [0.2, 0.25) is 0 Å². The Kier molecular flexibility index (Phi) is 6.00. The number of nitrogens with zero attached hydrogens (tertiary/aromatic N) is 1. The number of carbonyl (C=O) groups is 1. The van der Waals surface area contributed by atoms with E-state index < -0.39 is 15.6 Å². The molecule has 1 amide bonds. The summed E-state index contributed by atoms with van der Waals surface area (Å²) in [6.07, 6.45) is 0.903. The molecule has 1 aliphatic rings. The van der Waals surface area contributed by atoms with Gasteiger partial charge in [0.1, 0.15) is 5.75 Å². The van der Waals surface area contributed by atoms with Gasteiger partial charge in [-0.15, -0.1) is 0 Å². The Balaban J connectivity index is 1.68. The van der Waals surface area contributed by atoms with Gasteiger partial charge < -0.3 is 9.64 Å². The fourth-order valence-corrected chi connectivity index (χ4v) is 4.93. The van der Waals surface area contributed by atoms with Gasteiger partial charge in [-0.05, 0) is 69.2 Å². The van der Waals surface area contributed by atoms with E-state index in [0.717, 1.165) is 12.2 Å². The molecule has 1 unspecified atom stereocenters. The zero-order valence-electron chi connectivity index (χ0n) is 17.3. The molecule has 1 atom stereocenters. The second kappa shape index (κ2) is 8.16. The van der Waals surface area contributed by atoms with Crippen molar-refractivity contribution in [3.05, 3.63) is 59.7 Å². The van der Waals surface area contributed by atoms with Crippen LogP contribution >= 0.6 is 0 Å². The van der Waals surface area contributed by atoms with E-state index >= 15 is 0 Å². The van der Waals surface area contributed by atoms with Crippen molar-refractivity contribution in [3.63, 3.8) is 0 Å². The molecule has 0 aromatic heterocycles. The first kappa shape index (κ1) is 21.3. The van der Waals surface area contributed by atoms with Crippen molar-refractivity contribution in [3.8, 4) is 5.75 Å². The van der Waals surface area contributed by atoms with Gasteiger partial charge in [0, 0.05) is 30.1 Å². The van der Waals surface area contributed by atoms with Crippen LogP contribution in [-0.2, 0) is 10.0 Å². The van der Waals surface area contributed by atoms with E-state index in [1.54, 1.807) is 40.0 Å². The van der Waals surface area contributed by atoms with Crippen LogP contribution in [-0.4, -0.2) is 45.0 Å². The molecule has 0 bridgehead atoms. The van der Waals surface area contributed by atoms with Crippen LogP contribution in [0, 0.1) is 0 Å². The molecule has 7 heteroatoms. The molecule has 0 aliphatic carbocycles. The fraction of sp³-hybridized carbons (Fsp3) is 0.409. The number of methoxy groups -OCH3 is 1. The van der Waals surface area contributed by atoms with Crippen LogP contribution in [0.4, 0.5) is 0 Å². The number of sulfonamides is 1. The Labute approximate surface area is 172 Å². The molecule has 1 aliphatic heterocycles. The first-order valence-electron chi connectivity index (χ1n) is 9.66. The lowest BCUT2D eigenvalue weighted by Gasteiger charge is -2.20. The van der Waals surface area contributed by atoms with Gasteiger partial charge in [0.05, 0.1) is 12.0 Å². The molecule has 1 fully saturated rings. The molecule has 6 nitrogen and oxygen atoms in total. The smallest absolute Gasteiger partial charge is 0.253 e. The summed E-state index contributed by atoms with van der Waals surface area (Å²) in [5.74, 6) is 1.03. The molecule has 156 valence electrons. The molecular weight excluding hydrogens is 388 g/mol. The third kappa shape index (κ3) is 5.16. The molecule has 1 saturated heterocycles. The number of rotatable bonds is 5. The molecule has 0 spiro atoms. The average Bonchev–Trinajstić information content (AvgIpc) is 3.16. The lowest BCUT2D eigenvalue weighted by atomic mass is 9.98. The number of likely N-dealkylation sites (tertiary alicyclic amines) is 1. The van der Waals surface area contributed by atoms with Crippen molar-refractivity contribution < 1.29 is 17.9 Å². The van der Waals surface area contributed by atoms with Crippen LogP contribution in [0.15, 0.2) is 53.4 Å². The number of carbonyl (C=O) groups excluding carboxylic acids is 1. The molecule has 3 rings (SSSR count). The Morgan fingerprint density at radius 1 is 1.07 bits per heavy atom. The summed E-state index contributed by atoms with van der Waals surface area (Å²) in [4.78, 5) is 14.8. The number of amides is 1. The largest absolute Gasteiger partial charge is 0.497 e. The van der Waals surface area contributed by atoms with Gasteiger partial charge in [-0.2, -0.15) is 0 Å². The first-order valence-corrected chi connectivity index (χ1v) is 11.1. The highest BCUT2D eigenvalue weighted by molar-refractivity contribution is 7.89. The van der Waals surface area contributed by atoms with E-state index in [0.29, 0.717) is 24.6 Å². The van der Waals surface area contributed by atoms with Gasteiger partial charge in [-0.1, -0.05) is 12.1 Å². The van der Waals surface area contributed by atoms with Gasteiger partial charge in [0.2, 0.25) is 10.0 Å². The third-order valence-electron chi connectivity index (χ3n) is 4.91. The summed E-state index contributed by atoms with van der Waals surface area (Å²) < 4.78 is 32.6. The van der Waals surface area contributed by atoms with Crippen molar-refractivity contribution in [2.75, 3.05) is 20.2 Å². The van der Waals surface area contributed by atoms with Crippen LogP contribution in [0.5, 0.6) is 5.75 Å². The quantitative estimate of drug-likeness (QED) is 0.811. The third-order valence-corrected chi connectivity index (χ3v) is 6.69. The number of nitrogens with one attached hydrogen (secondary N) is 1. The van der Waals surface area contributed by atoms with Crippen LogP contribution in [0.25, 0.3) is 0 Å². The number of ether oxygens (including phenoxy) is 1. The van der Waals surface area contributed by atoms with Gasteiger partial charge in [0.25, 0.3) is 5.91 Å². The Bertz CT molecular complexity index is 961. The van der Waals surface area contributed by atoms with Gasteiger partial charge in [0.15, 0.2) is 0 Å². The minimum Gasteiger partial charge on any atom is -0.497 e. The second-order valence-electron chi connectivity index (χ2n) is 8.39. The molecule has 29 heavy (non-hydrogen) atoms. The maximum Gasteiger partial charge on any atom is 0.253 e. The van der Waals surface area contributed by atoms with Crippen LogP contribution in [0.3, 0.4) is 0 Å².